The third-order valence-corrected chi connectivity index (χ3v) is 3.32. The topological polar surface area (TPSA) is 24.5 Å². The summed E-state index contributed by atoms with van der Waals surface area (Å²) in [5.74, 6) is 0. The Morgan fingerprint density at radius 3 is 2.60 bits per heavy atom. The van der Waals surface area contributed by atoms with Crippen molar-refractivity contribution < 1.29 is 17.9 Å². The highest BCUT2D eigenvalue weighted by atomic mass is 19.4. The van der Waals surface area contributed by atoms with Crippen molar-refractivity contribution >= 4 is 0 Å². The minimum Gasteiger partial charge on any atom is -0.374 e. The Kier molecular flexibility index (Phi) is 5.01. The number of hydrogen-bond donors (Lipinski definition) is 1. The molecule has 1 atom stereocenters. The van der Waals surface area contributed by atoms with Crippen LogP contribution in [-0.4, -0.2) is 44.3 Å². The summed E-state index contributed by atoms with van der Waals surface area (Å²) in [5, 5.41) is 3.22. The maximum Gasteiger partial charge on any atom is 0.416 e. The van der Waals surface area contributed by atoms with Crippen LogP contribution >= 0.6 is 0 Å². The highest BCUT2D eigenvalue weighted by Gasteiger charge is 2.29. The summed E-state index contributed by atoms with van der Waals surface area (Å²) in [4.78, 5) is 2.20. The third-order valence-electron chi connectivity index (χ3n) is 3.32. The van der Waals surface area contributed by atoms with Crippen LogP contribution in [0.5, 0.6) is 0 Å². The summed E-state index contributed by atoms with van der Waals surface area (Å²) in [7, 11) is 2.05. The number of nitrogens with zero attached hydrogens (tertiary/aromatic N) is 1. The van der Waals surface area contributed by atoms with Crippen LogP contribution < -0.4 is 5.32 Å². The third kappa shape index (κ3) is 4.47. The summed E-state index contributed by atoms with van der Waals surface area (Å²) in [5.41, 5.74) is 0.223. The SMILES string of the molecule is CN1CCO[C@@H](CNCc2ccc(C(F)(F)F)cc2)C1. The standard InChI is InChI=1S/C14H19F3N2O/c1-19-6-7-20-13(10-19)9-18-8-11-2-4-12(5-3-11)14(15,16)17/h2-5,13,18H,6-10H2,1H3/t13-/m0/s1. The average Bonchev–Trinajstić information content (AvgIpc) is 2.38. The lowest BCUT2D eigenvalue weighted by Crippen LogP contribution is -2.44. The van der Waals surface area contributed by atoms with Crippen LogP contribution in [0.2, 0.25) is 0 Å². The number of benzene rings is 1. The molecule has 1 saturated heterocycles. The fraction of sp³-hybridized carbons (Fsp3) is 0.571. The normalized spacial score (nSPS) is 21.1. The highest BCUT2D eigenvalue weighted by Crippen LogP contribution is 2.28. The molecule has 1 aliphatic rings. The molecule has 1 N–H and O–H groups in total. The lowest BCUT2D eigenvalue weighted by molar-refractivity contribution is -0.137. The molecule has 0 spiro atoms. The van der Waals surface area contributed by atoms with Gasteiger partial charge in [0.1, 0.15) is 0 Å². The molecule has 1 aromatic carbocycles. The van der Waals surface area contributed by atoms with E-state index < -0.39 is 11.7 Å². The van der Waals surface area contributed by atoms with E-state index in [0.29, 0.717) is 13.1 Å². The number of halogens is 3. The van der Waals surface area contributed by atoms with Crippen LogP contribution in [0.15, 0.2) is 24.3 Å². The molecule has 3 nitrogen and oxygen atoms in total. The number of ether oxygens (including phenoxy) is 1. The highest BCUT2D eigenvalue weighted by molar-refractivity contribution is 5.24. The Morgan fingerprint density at radius 2 is 2.00 bits per heavy atom. The van der Waals surface area contributed by atoms with Gasteiger partial charge in [0.2, 0.25) is 0 Å². The second-order valence-electron chi connectivity index (χ2n) is 5.08. The first kappa shape index (κ1) is 15.3. The molecule has 6 heteroatoms. The van der Waals surface area contributed by atoms with Gasteiger partial charge in [-0.3, -0.25) is 0 Å². The number of likely N-dealkylation sites (N-methyl/N-ethyl adjacent to an activating group) is 1. The van der Waals surface area contributed by atoms with E-state index in [1.165, 1.54) is 12.1 Å². The van der Waals surface area contributed by atoms with E-state index in [1.54, 1.807) is 0 Å². The summed E-state index contributed by atoms with van der Waals surface area (Å²) in [6.07, 6.45) is -4.13. The smallest absolute Gasteiger partial charge is 0.374 e. The molecule has 0 amide bonds. The Labute approximate surface area is 116 Å². The maximum atomic E-state index is 12.4. The van der Waals surface area contributed by atoms with Gasteiger partial charge in [-0.2, -0.15) is 13.2 Å². The molecule has 1 heterocycles. The zero-order chi connectivity index (χ0) is 14.6. The lowest BCUT2D eigenvalue weighted by Gasteiger charge is -2.30. The van der Waals surface area contributed by atoms with Crippen LogP contribution in [0.3, 0.4) is 0 Å². The van der Waals surface area contributed by atoms with Gasteiger partial charge in [-0.15, -0.1) is 0 Å². The summed E-state index contributed by atoms with van der Waals surface area (Å²) < 4.78 is 42.8. The van der Waals surface area contributed by atoms with E-state index in [4.69, 9.17) is 4.74 Å². The number of hydrogen-bond acceptors (Lipinski definition) is 3. The van der Waals surface area contributed by atoms with Crippen molar-refractivity contribution in [3.05, 3.63) is 35.4 Å². The minimum atomic E-state index is -4.27. The molecule has 2 rings (SSSR count). The molecule has 20 heavy (non-hydrogen) atoms. The molecule has 0 aliphatic carbocycles. The number of morpholine rings is 1. The summed E-state index contributed by atoms with van der Waals surface area (Å²) in [6, 6.07) is 5.23. The molecule has 0 bridgehead atoms. The van der Waals surface area contributed by atoms with E-state index in [-0.39, 0.29) is 6.10 Å². The maximum absolute atomic E-state index is 12.4. The Bertz CT molecular complexity index is 419. The van der Waals surface area contributed by atoms with Gasteiger partial charge >= 0.3 is 6.18 Å². The first-order chi connectivity index (χ1) is 9.45. The molecule has 1 aliphatic heterocycles. The Morgan fingerprint density at radius 1 is 1.30 bits per heavy atom. The van der Waals surface area contributed by atoms with Crippen LogP contribution in [0, 0.1) is 0 Å². The second kappa shape index (κ2) is 6.56. The number of alkyl halides is 3. The molecular weight excluding hydrogens is 269 g/mol. The molecule has 1 fully saturated rings. The van der Waals surface area contributed by atoms with Crippen molar-refractivity contribution in [3.63, 3.8) is 0 Å². The molecule has 0 aromatic heterocycles. The van der Waals surface area contributed by atoms with Gasteiger partial charge in [0, 0.05) is 26.2 Å². The predicted octanol–water partition coefficient (Wildman–Crippen LogP) is 2.13. The van der Waals surface area contributed by atoms with Crippen molar-refractivity contribution in [2.75, 3.05) is 33.3 Å². The van der Waals surface area contributed by atoms with Gasteiger partial charge in [-0.25, -0.2) is 0 Å². The van der Waals surface area contributed by atoms with Gasteiger partial charge in [0.25, 0.3) is 0 Å². The van der Waals surface area contributed by atoms with Crippen LogP contribution in [-0.2, 0) is 17.5 Å². The molecule has 0 radical (unpaired) electrons. The van der Waals surface area contributed by atoms with E-state index in [0.717, 1.165) is 37.4 Å². The van der Waals surface area contributed by atoms with E-state index >= 15 is 0 Å². The van der Waals surface area contributed by atoms with Gasteiger partial charge in [0.05, 0.1) is 18.3 Å². The van der Waals surface area contributed by atoms with Crippen molar-refractivity contribution in [1.29, 1.82) is 0 Å². The van der Waals surface area contributed by atoms with Crippen LogP contribution in [0.25, 0.3) is 0 Å². The summed E-state index contributed by atoms with van der Waals surface area (Å²) >= 11 is 0. The number of rotatable bonds is 4. The molecule has 112 valence electrons. The molecule has 0 saturated carbocycles. The zero-order valence-electron chi connectivity index (χ0n) is 11.4. The van der Waals surface area contributed by atoms with Gasteiger partial charge in [-0.1, -0.05) is 12.1 Å². The second-order valence-corrected chi connectivity index (χ2v) is 5.08. The number of nitrogens with one attached hydrogen (secondary N) is 1. The van der Waals surface area contributed by atoms with Crippen LogP contribution in [0.4, 0.5) is 13.2 Å². The zero-order valence-corrected chi connectivity index (χ0v) is 11.4. The fourth-order valence-corrected chi connectivity index (χ4v) is 2.18. The van der Waals surface area contributed by atoms with E-state index in [9.17, 15) is 13.2 Å². The largest absolute Gasteiger partial charge is 0.416 e. The monoisotopic (exact) mass is 288 g/mol. The summed E-state index contributed by atoms with van der Waals surface area (Å²) in [6.45, 7) is 3.78. The van der Waals surface area contributed by atoms with Gasteiger partial charge < -0.3 is 15.0 Å². The van der Waals surface area contributed by atoms with Crippen molar-refractivity contribution in [2.45, 2.75) is 18.8 Å². The van der Waals surface area contributed by atoms with Crippen molar-refractivity contribution in [2.24, 2.45) is 0 Å². The molecular formula is C14H19F3N2O. The first-order valence-electron chi connectivity index (χ1n) is 6.62. The van der Waals surface area contributed by atoms with Crippen molar-refractivity contribution in [3.8, 4) is 0 Å². The Balaban J connectivity index is 1.77. The quantitative estimate of drug-likeness (QED) is 0.918. The van der Waals surface area contributed by atoms with Gasteiger partial charge in [-0.05, 0) is 24.7 Å². The first-order valence-corrected chi connectivity index (χ1v) is 6.62. The average molecular weight is 288 g/mol. The van der Waals surface area contributed by atoms with E-state index in [2.05, 4.69) is 10.2 Å². The minimum absolute atomic E-state index is 0.142. The van der Waals surface area contributed by atoms with Crippen LogP contribution in [0.1, 0.15) is 11.1 Å². The Hall–Kier alpha value is -1.11. The van der Waals surface area contributed by atoms with Gasteiger partial charge in [0.15, 0.2) is 0 Å². The molecule has 0 unspecified atom stereocenters. The predicted molar refractivity (Wildman–Crippen MR) is 70.4 cm³/mol. The van der Waals surface area contributed by atoms with Crippen molar-refractivity contribution in [1.82, 2.24) is 10.2 Å². The molecule has 1 aromatic rings. The fourth-order valence-electron chi connectivity index (χ4n) is 2.18. The van der Waals surface area contributed by atoms with E-state index in [1.807, 2.05) is 7.05 Å². The lowest BCUT2D eigenvalue weighted by atomic mass is 10.1.